The molecule has 6 N–H and O–H groups in total. The van der Waals surface area contributed by atoms with Crippen molar-refractivity contribution in [1.29, 1.82) is 0 Å². The molecule has 2 rings (SSSR count). The molecule has 2 heterocycles. The van der Waals surface area contributed by atoms with E-state index in [1.807, 2.05) is 0 Å². The van der Waals surface area contributed by atoms with Gasteiger partial charge in [0.15, 0.2) is 1.41 Å². The van der Waals surface area contributed by atoms with E-state index < -0.39 is 30.4 Å². The van der Waals surface area contributed by atoms with Crippen LogP contribution in [0.2, 0.25) is 7.06 Å². The van der Waals surface area contributed by atoms with E-state index in [1.165, 1.54) is 4.90 Å². The number of amides is 1. The second-order valence-electron chi connectivity index (χ2n) is 3.47. The average molecular weight is 302 g/mol. The van der Waals surface area contributed by atoms with Gasteiger partial charge in [-0.25, -0.2) is 0 Å². The van der Waals surface area contributed by atoms with Crippen molar-refractivity contribution in [3.05, 3.63) is 0 Å². The van der Waals surface area contributed by atoms with Crippen LogP contribution >= 0.6 is 0 Å². The summed E-state index contributed by atoms with van der Waals surface area (Å²) in [6.07, 6.45) is -5.28. The lowest BCUT2D eigenvalue weighted by atomic mass is 10.1. The number of nitrogens with zero attached hydrogens (tertiary/aromatic N) is 1. The summed E-state index contributed by atoms with van der Waals surface area (Å²) < 4.78 is 54.1. The Hall–Kier alpha value is -0.250. The number of hydrogen-bond donors (Lipinski definition) is 5. The van der Waals surface area contributed by atoms with Crippen LogP contribution in [0.3, 0.4) is 0 Å². The number of nitrogens with two attached hydrogens (primary N) is 1. The maximum Gasteiger partial charge on any atom is 0.242 e. The first kappa shape index (κ1) is 6.62. The van der Waals surface area contributed by atoms with Crippen LogP contribution in [-0.4, -0.2) is 53.7 Å². The van der Waals surface area contributed by atoms with Gasteiger partial charge in [0.1, 0.15) is 18.0 Å². The smallest absolute Gasteiger partial charge is 0.242 e. The van der Waals surface area contributed by atoms with E-state index in [1.54, 1.807) is 6.92 Å². The third kappa shape index (κ3) is 2.36. The summed E-state index contributed by atoms with van der Waals surface area (Å²) in [4.78, 5) is 13.7. The number of nitrogens with one attached hydrogen (secondary N) is 3. The summed E-state index contributed by atoms with van der Waals surface area (Å²) in [5.74, 6) is -1.09. The molecule has 2 aliphatic rings. The number of halogens is 1. The largest absolute Gasteiger partial charge is 1.00 e. The molecule has 0 aliphatic carbocycles. The van der Waals surface area contributed by atoms with Crippen molar-refractivity contribution >= 4 is 5.91 Å². The van der Waals surface area contributed by atoms with Gasteiger partial charge in [-0.2, -0.15) is 0 Å². The molecule has 4 atom stereocenters. The lowest BCUT2D eigenvalue weighted by Crippen LogP contribution is -3.00. The number of hydrogen-bond acceptors (Lipinski definition) is 6. The quantitative estimate of drug-likeness (QED) is 0.356. The van der Waals surface area contributed by atoms with Crippen molar-refractivity contribution in [2.24, 2.45) is 5.72 Å². The molecule has 0 aromatic rings. The van der Waals surface area contributed by atoms with Gasteiger partial charge in [0.2, 0.25) is 5.91 Å². The zero-order valence-corrected chi connectivity index (χ0v) is 10.1. The average Bonchev–Trinajstić information content (AvgIpc) is 2.75. The summed E-state index contributed by atoms with van der Waals surface area (Å²) in [5.41, 5.74) is -0.344. The lowest BCUT2D eigenvalue weighted by Gasteiger charge is -2.35. The fourth-order valence-electron chi connectivity index (χ4n) is 1.61. The molecule has 0 aromatic carbocycles. The van der Waals surface area contributed by atoms with Crippen molar-refractivity contribution in [2.75, 3.05) is 13.3 Å². The third-order valence-electron chi connectivity index (χ3n) is 2.46. The highest BCUT2D eigenvalue weighted by Crippen LogP contribution is 2.16. The molecule has 16 heavy (non-hydrogen) atoms. The van der Waals surface area contributed by atoms with Gasteiger partial charge in [-0.3, -0.25) is 26.0 Å². The minimum atomic E-state index is -2.90. The van der Waals surface area contributed by atoms with Gasteiger partial charge < -0.3 is 27.4 Å². The maximum atomic E-state index is 12.4. The van der Waals surface area contributed by atoms with Gasteiger partial charge in [0.05, 0.1) is 22.2 Å². The maximum absolute atomic E-state index is 12.4. The Morgan fingerprint density at radius 1 is 1.94 bits per heavy atom. The zero-order valence-electron chi connectivity index (χ0n) is 15.5. The molecule has 8 heteroatoms. The van der Waals surface area contributed by atoms with Crippen LogP contribution in [0.1, 0.15) is 9.67 Å². The standard InChI is InChI=1S/C8H17N5O2.BrH/c1-4(2-14)13-3-10-6-5(13)7(15)12-8(9)11-6;/h4-6,8,10-11,14H,2-3,9H2,1H3,(H,12,15);1H/p-1/i6D,8D;/hD5. The van der Waals surface area contributed by atoms with E-state index in [0.717, 1.165) is 0 Å². The minimum Gasteiger partial charge on any atom is -1.00 e. The van der Waals surface area contributed by atoms with Crippen LogP contribution in [-0.2, 0) is 4.79 Å². The molecule has 0 saturated carbocycles. The highest BCUT2D eigenvalue weighted by atomic mass is 79.9. The van der Waals surface area contributed by atoms with E-state index in [4.69, 9.17) is 9.80 Å². The predicted molar refractivity (Wildman–Crippen MR) is 53.2 cm³/mol. The van der Waals surface area contributed by atoms with E-state index in [2.05, 4.69) is 0 Å². The zero-order chi connectivity index (χ0) is 17.0. The van der Waals surface area contributed by atoms with E-state index in [0.29, 0.717) is 5.31 Å². The Morgan fingerprint density at radius 2 is 2.69 bits per heavy atom. The molecule has 0 aromatic heterocycles. The summed E-state index contributed by atoms with van der Waals surface area (Å²) in [5, 5.41) is 9.87. The molecule has 2 saturated heterocycles. The first-order chi connectivity index (χ1) is 10.0. The highest BCUT2D eigenvalue weighted by Gasteiger charge is 2.44. The fourth-order valence-corrected chi connectivity index (χ4v) is 1.61. The second kappa shape index (κ2) is 5.39. The summed E-state index contributed by atoms with van der Waals surface area (Å²) in [7, 11) is 0. The number of fused-ring (bicyclic) bond motifs is 1. The number of carbonyl (C=O) groups is 1. The highest BCUT2D eigenvalue weighted by molar-refractivity contribution is 5.84. The Morgan fingerprint density at radius 3 is 3.31 bits per heavy atom. The van der Waals surface area contributed by atoms with Crippen LogP contribution in [0.4, 0.5) is 0 Å². The van der Waals surface area contributed by atoms with Gasteiger partial charge in [0.25, 0.3) is 0 Å². The Balaban J connectivity index is 0.00000264. The molecule has 94 valence electrons. The van der Waals surface area contributed by atoms with Crippen molar-refractivity contribution in [1.82, 2.24) is 20.8 Å². The fraction of sp³-hybridized carbons (Fsp3) is 0.875. The van der Waals surface area contributed by atoms with E-state index in [9.17, 15) is 9.90 Å². The Kier molecular flexibility index (Phi) is 2.23. The number of aliphatic hydroxyl groups excluding tert-OH is 1. The van der Waals surface area contributed by atoms with Crippen LogP contribution in [0.25, 0.3) is 0 Å². The second-order valence-corrected chi connectivity index (χ2v) is 3.47. The predicted octanol–water partition coefficient (Wildman–Crippen LogP) is -6.11. The number of rotatable bonds is 3. The van der Waals surface area contributed by atoms with Gasteiger partial charge >= 0.3 is 0 Å². The van der Waals surface area contributed by atoms with Crippen LogP contribution in [0.5, 0.6) is 0 Å². The number of aliphatic hydroxyl groups is 1. The van der Waals surface area contributed by atoms with E-state index in [-0.39, 0.29) is 46.6 Å². The normalized spacial score (nSPS) is 54.9. The Bertz CT molecular complexity index is 480. The molecular formula is C8H17BrN5O2-. The van der Waals surface area contributed by atoms with Gasteiger partial charge in [0, 0.05) is 6.04 Å². The minimum absolute atomic E-state index is 0. The van der Waals surface area contributed by atoms with Crippen molar-refractivity contribution < 1.29 is 36.7 Å². The molecule has 4 unspecified atom stereocenters. The Labute approximate surface area is 115 Å². The van der Waals surface area contributed by atoms with E-state index >= 15 is 0 Å². The molecular weight excluding hydrogens is 278 g/mol. The number of carbonyl (C=O) groups excluding carboxylic acids is 1. The summed E-state index contributed by atoms with van der Waals surface area (Å²) >= 11 is 0. The van der Waals surface area contributed by atoms with Crippen molar-refractivity contribution in [3.8, 4) is 0 Å². The molecule has 0 spiro atoms. The van der Waals surface area contributed by atoms with Gasteiger partial charge in [-0.15, -0.1) is 0 Å². The topological polar surface area (TPSA) is 103 Å². The van der Waals surface area contributed by atoms with Gasteiger partial charge in [-0.1, -0.05) is 0 Å². The van der Waals surface area contributed by atoms with Crippen molar-refractivity contribution in [2.45, 2.75) is 31.4 Å². The molecule has 0 bridgehead atoms. The monoisotopic (exact) mass is 301 g/mol. The van der Waals surface area contributed by atoms with Crippen LogP contribution in [0.15, 0.2) is 0 Å². The molecule has 0 radical (unpaired) electrons. The molecule has 7 nitrogen and oxygen atoms in total. The first-order valence-electron chi connectivity index (χ1n) is 7.81. The molecule has 2 aliphatic heterocycles. The molecule has 1 amide bonds. The third-order valence-corrected chi connectivity index (χ3v) is 2.46. The first-order valence-corrected chi connectivity index (χ1v) is 4.57. The van der Waals surface area contributed by atoms with Crippen LogP contribution < -0.4 is 38.6 Å². The lowest BCUT2D eigenvalue weighted by molar-refractivity contribution is -0.130. The van der Waals surface area contributed by atoms with Gasteiger partial charge in [-0.05, 0) is 6.92 Å². The summed E-state index contributed by atoms with van der Waals surface area (Å²) in [6, 6.07) is -2.09. The van der Waals surface area contributed by atoms with Crippen molar-refractivity contribution in [3.63, 3.8) is 0 Å². The van der Waals surface area contributed by atoms with Crippen LogP contribution in [0, 0.1) is 0 Å². The summed E-state index contributed by atoms with van der Waals surface area (Å²) in [6.45, 7) is 0.926. The molecule has 2 fully saturated rings. The SMILES string of the molecule is [2H]N1CN(C(C)CO)C2C(=O)N([2H])C([2H])(N([2H])[2H])N([2H])C21[2H].[Br-].